The molecule has 0 spiro atoms. The summed E-state index contributed by atoms with van der Waals surface area (Å²) >= 11 is 0. The number of aryl methyl sites for hydroxylation is 2. The van der Waals surface area contributed by atoms with Gasteiger partial charge >= 0.3 is 12.1 Å². The van der Waals surface area contributed by atoms with Gasteiger partial charge in [-0.3, -0.25) is 4.79 Å². The maximum atomic E-state index is 12.8. The number of hydrogen-bond acceptors (Lipinski definition) is 2. The number of rotatable bonds is 3. The number of nitrogens with zero attached hydrogens (tertiary/aromatic N) is 2. The van der Waals surface area contributed by atoms with Gasteiger partial charge in [0.15, 0.2) is 0 Å². The molecule has 7 heteroatoms. The fourth-order valence-electron chi connectivity index (χ4n) is 1.98. The van der Waals surface area contributed by atoms with E-state index in [0.717, 1.165) is 6.07 Å². The van der Waals surface area contributed by atoms with Crippen LogP contribution in [0.25, 0.3) is 5.65 Å². The van der Waals surface area contributed by atoms with Crippen LogP contribution in [0.2, 0.25) is 0 Å². The Balaban J connectivity index is 2.56. The third-order valence-electron chi connectivity index (χ3n) is 2.83. The largest absolute Gasteiger partial charge is 0.481 e. The van der Waals surface area contributed by atoms with Gasteiger partial charge in [-0.15, -0.1) is 0 Å². The van der Waals surface area contributed by atoms with E-state index in [2.05, 4.69) is 4.98 Å². The molecule has 2 heterocycles. The number of imidazole rings is 1. The van der Waals surface area contributed by atoms with Gasteiger partial charge in [-0.05, 0) is 19.1 Å². The first-order valence-corrected chi connectivity index (χ1v) is 5.56. The highest BCUT2D eigenvalue weighted by Gasteiger charge is 2.34. The van der Waals surface area contributed by atoms with Crippen molar-refractivity contribution in [3.05, 3.63) is 35.3 Å². The van der Waals surface area contributed by atoms with Crippen LogP contribution in [0.15, 0.2) is 18.3 Å². The number of halogens is 3. The first-order chi connectivity index (χ1) is 8.80. The van der Waals surface area contributed by atoms with Gasteiger partial charge < -0.3 is 9.51 Å². The van der Waals surface area contributed by atoms with Crippen molar-refractivity contribution in [3.63, 3.8) is 0 Å². The minimum absolute atomic E-state index is 0.143. The van der Waals surface area contributed by atoms with Crippen molar-refractivity contribution >= 4 is 11.6 Å². The number of alkyl halides is 3. The molecular formula is C12H11F3N2O2. The Bertz CT molecular complexity index is 632. The van der Waals surface area contributed by atoms with Gasteiger partial charge in [0.05, 0.1) is 17.7 Å². The second-order valence-electron chi connectivity index (χ2n) is 4.15. The van der Waals surface area contributed by atoms with E-state index in [-0.39, 0.29) is 18.5 Å². The molecule has 0 unspecified atom stereocenters. The molecule has 0 saturated carbocycles. The number of carboxylic acids is 1. The summed E-state index contributed by atoms with van der Waals surface area (Å²) in [7, 11) is 0. The third kappa shape index (κ3) is 2.54. The molecule has 0 aliphatic heterocycles. The number of fused-ring (bicyclic) bond motifs is 1. The lowest BCUT2D eigenvalue weighted by Gasteiger charge is -2.08. The first-order valence-electron chi connectivity index (χ1n) is 5.56. The third-order valence-corrected chi connectivity index (χ3v) is 2.83. The van der Waals surface area contributed by atoms with Crippen molar-refractivity contribution in [3.8, 4) is 0 Å². The molecule has 4 nitrogen and oxygen atoms in total. The van der Waals surface area contributed by atoms with Gasteiger partial charge in [0.1, 0.15) is 5.65 Å². The number of aliphatic carboxylic acids is 1. The topological polar surface area (TPSA) is 54.6 Å². The maximum absolute atomic E-state index is 12.8. The molecule has 0 aromatic carbocycles. The molecule has 0 saturated heterocycles. The summed E-state index contributed by atoms with van der Waals surface area (Å²) in [5.74, 6) is -0.999. The second-order valence-corrected chi connectivity index (χ2v) is 4.15. The summed E-state index contributed by atoms with van der Waals surface area (Å²) < 4.78 is 39.8. The molecule has 2 aromatic heterocycles. The summed E-state index contributed by atoms with van der Waals surface area (Å²) in [5.41, 5.74) is -0.103. The Labute approximate surface area is 106 Å². The van der Waals surface area contributed by atoms with Crippen LogP contribution in [0, 0.1) is 6.92 Å². The zero-order chi connectivity index (χ0) is 14.2. The van der Waals surface area contributed by atoms with E-state index in [0.29, 0.717) is 11.4 Å². The highest BCUT2D eigenvalue weighted by molar-refractivity contribution is 5.67. The minimum Gasteiger partial charge on any atom is -0.481 e. The van der Waals surface area contributed by atoms with Crippen molar-refractivity contribution in [2.45, 2.75) is 25.9 Å². The molecular weight excluding hydrogens is 261 g/mol. The highest BCUT2D eigenvalue weighted by Crippen LogP contribution is 2.32. The van der Waals surface area contributed by atoms with E-state index in [1.165, 1.54) is 16.7 Å². The van der Waals surface area contributed by atoms with Crippen molar-refractivity contribution in [1.29, 1.82) is 0 Å². The smallest absolute Gasteiger partial charge is 0.419 e. The molecule has 0 aliphatic rings. The molecule has 0 bridgehead atoms. The van der Waals surface area contributed by atoms with Gasteiger partial charge in [0.2, 0.25) is 0 Å². The second kappa shape index (κ2) is 4.56. The monoisotopic (exact) mass is 272 g/mol. The van der Waals surface area contributed by atoms with Crippen LogP contribution in [-0.4, -0.2) is 20.5 Å². The highest BCUT2D eigenvalue weighted by atomic mass is 19.4. The maximum Gasteiger partial charge on any atom is 0.419 e. The Morgan fingerprint density at radius 3 is 2.74 bits per heavy atom. The van der Waals surface area contributed by atoms with Crippen LogP contribution < -0.4 is 0 Å². The van der Waals surface area contributed by atoms with Gasteiger partial charge in [-0.25, -0.2) is 4.98 Å². The minimum atomic E-state index is -4.48. The molecule has 0 atom stereocenters. The zero-order valence-electron chi connectivity index (χ0n) is 10.0. The Morgan fingerprint density at radius 2 is 2.16 bits per heavy atom. The lowest BCUT2D eigenvalue weighted by molar-refractivity contribution is -0.137. The number of aromatic nitrogens is 2. The van der Waals surface area contributed by atoms with Crippen LogP contribution in [0.5, 0.6) is 0 Å². The zero-order valence-corrected chi connectivity index (χ0v) is 10.0. The van der Waals surface area contributed by atoms with Crippen LogP contribution >= 0.6 is 0 Å². The molecule has 0 amide bonds. The number of pyridine rings is 1. The van der Waals surface area contributed by atoms with Gasteiger partial charge in [0.25, 0.3) is 0 Å². The van der Waals surface area contributed by atoms with Crippen molar-refractivity contribution in [2.75, 3.05) is 0 Å². The van der Waals surface area contributed by atoms with Gasteiger partial charge in [0, 0.05) is 18.3 Å². The summed E-state index contributed by atoms with van der Waals surface area (Å²) in [6, 6.07) is 2.24. The molecule has 19 heavy (non-hydrogen) atoms. The van der Waals surface area contributed by atoms with E-state index in [4.69, 9.17) is 5.11 Å². The fourth-order valence-corrected chi connectivity index (χ4v) is 1.98. The van der Waals surface area contributed by atoms with E-state index in [1.807, 2.05) is 0 Å². The summed E-state index contributed by atoms with van der Waals surface area (Å²) in [6.07, 6.45) is -3.03. The Hall–Kier alpha value is -2.05. The number of carboxylic acid groups (broad SMARTS) is 1. The van der Waals surface area contributed by atoms with Crippen molar-refractivity contribution in [2.24, 2.45) is 0 Å². The average molecular weight is 272 g/mol. The Morgan fingerprint density at radius 1 is 1.47 bits per heavy atom. The average Bonchev–Trinajstić information content (AvgIpc) is 2.60. The van der Waals surface area contributed by atoms with Crippen LogP contribution in [0.1, 0.15) is 23.4 Å². The van der Waals surface area contributed by atoms with Crippen molar-refractivity contribution < 1.29 is 23.1 Å². The van der Waals surface area contributed by atoms with Crippen molar-refractivity contribution in [1.82, 2.24) is 9.38 Å². The lowest BCUT2D eigenvalue weighted by Crippen LogP contribution is -2.08. The van der Waals surface area contributed by atoms with E-state index in [1.54, 1.807) is 6.92 Å². The van der Waals surface area contributed by atoms with E-state index < -0.39 is 17.7 Å². The van der Waals surface area contributed by atoms with E-state index >= 15 is 0 Å². The SMILES string of the molecule is Cc1nc2c(C(F)(F)F)cccn2c1CCC(=O)O. The summed E-state index contributed by atoms with van der Waals surface area (Å²) in [4.78, 5) is 14.5. The van der Waals surface area contributed by atoms with Gasteiger partial charge in [-0.2, -0.15) is 13.2 Å². The Kier molecular flexibility index (Phi) is 3.21. The van der Waals surface area contributed by atoms with E-state index in [9.17, 15) is 18.0 Å². The van der Waals surface area contributed by atoms with Crippen LogP contribution in [-0.2, 0) is 17.4 Å². The molecule has 0 fully saturated rings. The predicted molar refractivity (Wildman–Crippen MR) is 60.9 cm³/mol. The van der Waals surface area contributed by atoms with Crippen LogP contribution in [0.4, 0.5) is 13.2 Å². The summed E-state index contributed by atoms with van der Waals surface area (Å²) in [5, 5.41) is 8.65. The lowest BCUT2D eigenvalue weighted by atomic mass is 10.2. The molecule has 102 valence electrons. The molecule has 2 aromatic rings. The number of carbonyl (C=O) groups is 1. The molecule has 2 rings (SSSR count). The van der Waals surface area contributed by atoms with Gasteiger partial charge in [-0.1, -0.05) is 0 Å². The standard InChI is InChI=1S/C12H11F3N2O2/c1-7-9(4-5-10(18)19)17-6-2-3-8(11(17)16-7)12(13,14)15/h2-3,6H,4-5H2,1H3,(H,18,19). The quantitative estimate of drug-likeness (QED) is 0.934. The molecule has 0 radical (unpaired) electrons. The number of hydrogen-bond donors (Lipinski definition) is 1. The fraction of sp³-hybridized carbons (Fsp3) is 0.333. The molecule has 1 N–H and O–H groups in total. The summed E-state index contributed by atoms with van der Waals surface area (Å²) in [6.45, 7) is 1.57. The predicted octanol–water partition coefficient (Wildman–Crippen LogP) is 2.68. The van der Waals surface area contributed by atoms with Crippen LogP contribution in [0.3, 0.4) is 0 Å². The normalized spacial score (nSPS) is 12.0. The molecule has 0 aliphatic carbocycles. The first kappa shape index (κ1) is 13.4.